The average Bonchev–Trinajstić information content (AvgIpc) is 2.79. The highest BCUT2D eigenvalue weighted by atomic mass is 35.5. The van der Waals surface area contributed by atoms with Gasteiger partial charge in [-0.05, 0) is 47.7 Å². The van der Waals surface area contributed by atoms with Gasteiger partial charge >= 0.3 is 0 Å². The number of hydrogen-bond donors (Lipinski definition) is 1. The second-order valence-corrected chi connectivity index (χ2v) is 10.0. The van der Waals surface area contributed by atoms with Crippen molar-refractivity contribution in [2.75, 3.05) is 5.32 Å². The summed E-state index contributed by atoms with van der Waals surface area (Å²) < 4.78 is 1.81. The Morgan fingerprint density at radius 1 is 0.939 bits per heavy atom. The Kier molecular flexibility index (Phi) is 4.91. The van der Waals surface area contributed by atoms with Crippen LogP contribution < -0.4 is 10.9 Å². The van der Waals surface area contributed by atoms with Crippen molar-refractivity contribution in [1.29, 1.82) is 0 Å². The summed E-state index contributed by atoms with van der Waals surface area (Å²) in [6.45, 7) is 8.52. The molecule has 0 aliphatic carbocycles. The summed E-state index contributed by atoms with van der Waals surface area (Å²) in [6.07, 6.45) is 0. The molecule has 5 nitrogen and oxygen atoms in total. The molecule has 0 unspecified atom stereocenters. The minimum Gasteiger partial charge on any atom is -0.357 e. The summed E-state index contributed by atoms with van der Waals surface area (Å²) in [4.78, 5) is 17.7. The standard InChI is InChI=1S/C27H25ClN4O/c1-26(2,3)18-11-9-17(10-12-18)23-25(33)29-24-21-7-5-6-8-22(21)30-27(4,32(24)31-23)19-13-15-20(28)16-14-19/h5-16,30H,1-4H3/t27-/m1/s1. The maximum atomic E-state index is 13.2. The second-order valence-electron chi connectivity index (χ2n) is 9.58. The van der Waals surface area contributed by atoms with Crippen LogP contribution >= 0.6 is 11.6 Å². The topological polar surface area (TPSA) is 59.8 Å². The lowest BCUT2D eigenvalue weighted by molar-refractivity contribution is 0.391. The third-order valence-electron chi connectivity index (χ3n) is 6.21. The van der Waals surface area contributed by atoms with E-state index in [0.717, 1.165) is 22.4 Å². The van der Waals surface area contributed by atoms with E-state index in [1.54, 1.807) is 0 Å². The van der Waals surface area contributed by atoms with Crippen LogP contribution in [0.15, 0.2) is 77.6 Å². The number of nitrogens with one attached hydrogen (secondary N) is 1. The molecule has 0 bridgehead atoms. The van der Waals surface area contributed by atoms with Gasteiger partial charge in [0.15, 0.2) is 17.2 Å². The molecule has 1 N–H and O–H groups in total. The van der Waals surface area contributed by atoms with Crippen LogP contribution in [0.4, 0.5) is 5.69 Å². The first-order valence-electron chi connectivity index (χ1n) is 10.9. The molecule has 1 aliphatic heterocycles. The van der Waals surface area contributed by atoms with Crippen LogP contribution in [0.5, 0.6) is 0 Å². The second kappa shape index (κ2) is 7.56. The molecule has 0 saturated heterocycles. The summed E-state index contributed by atoms with van der Waals surface area (Å²) in [5.74, 6) is 0.530. The maximum Gasteiger partial charge on any atom is 0.300 e. The van der Waals surface area contributed by atoms with Gasteiger partial charge in [-0.1, -0.05) is 80.9 Å². The third-order valence-corrected chi connectivity index (χ3v) is 6.46. The monoisotopic (exact) mass is 456 g/mol. The van der Waals surface area contributed by atoms with Crippen LogP contribution in [0, 0.1) is 0 Å². The predicted molar refractivity (Wildman–Crippen MR) is 134 cm³/mol. The van der Waals surface area contributed by atoms with Crippen LogP contribution in [0.25, 0.3) is 22.6 Å². The van der Waals surface area contributed by atoms with E-state index in [1.807, 2.05) is 84.4 Å². The zero-order valence-electron chi connectivity index (χ0n) is 19.1. The molecule has 0 fully saturated rings. The molecule has 1 aliphatic rings. The van der Waals surface area contributed by atoms with Crippen molar-refractivity contribution in [3.05, 3.63) is 99.3 Å². The molecule has 0 saturated carbocycles. The molecule has 0 amide bonds. The normalized spacial score (nSPS) is 17.1. The fourth-order valence-electron chi connectivity index (χ4n) is 4.25. The molecule has 3 aromatic carbocycles. The van der Waals surface area contributed by atoms with Gasteiger partial charge in [-0.15, -0.1) is 0 Å². The molecule has 1 aromatic heterocycles. The molecule has 0 radical (unpaired) electrons. The van der Waals surface area contributed by atoms with Gasteiger partial charge in [-0.3, -0.25) is 4.79 Å². The smallest absolute Gasteiger partial charge is 0.300 e. The van der Waals surface area contributed by atoms with Gasteiger partial charge in [0.2, 0.25) is 0 Å². The number of para-hydroxylation sites is 1. The van der Waals surface area contributed by atoms with E-state index in [-0.39, 0.29) is 11.0 Å². The van der Waals surface area contributed by atoms with Crippen LogP contribution in [0.2, 0.25) is 5.02 Å². The average molecular weight is 457 g/mol. The first kappa shape index (κ1) is 21.4. The lowest BCUT2D eigenvalue weighted by Gasteiger charge is -2.39. The van der Waals surface area contributed by atoms with Crippen LogP contribution in [0.3, 0.4) is 0 Å². The first-order chi connectivity index (χ1) is 15.7. The predicted octanol–water partition coefficient (Wildman–Crippen LogP) is 6.07. The van der Waals surface area contributed by atoms with Crippen molar-refractivity contribution >= 4 is 17.3 Å². The van der Waals surface area contributed by atoms with E-state index in [4.69, 9.17) is 16.7 Å². The van der Waals surface area contributed by atoms with Gasteiger partial charge in [-0.2, -0.15) is 10.1 Å². The molecule has 6 heteroatoms. The van der Waals surface area contributed by atoms with Gasteiger partial charge in [0.25, 0.3) is 5.56 Å². The number of nitrogens with zero attached hydrogens (tertiary/aromatic N) is 3. The zero-order chi connectivity index (χ0) is 23.4. The Morgan fingerprint density at radius 2 is 1.61 bits per heavy atom. The fourth-order valence-corrected chi connectivity index (χ4v) is 4.38. The Hall–Kier alpha value is -3.44. The number of anilines is 1. The van der Waals surface area contributed by atoms with E-state index in [2.05, 4.69) is 31.1 Å². The van der Waals surface area contributed by atoms with Crippen molar-refractivity contribution in [3.8, 4) is 22.6 Å². The van der Waals surface area contributed by atoms with Gasteiger partial charge in [0.1, 0.15) is 0 Å². The molecular weight excluding hydrogens is 432 g/mol. The molecule has 0 spiro atoms. The summed E-state index contributed by atoms with van der Waals surface area (Å²) in [6, 6.07) is 23.4. The van der Waals surface area contributed by atoms with Gasteiger partial charge in [0, 0.05) is 21.8 Å². The summed E-state index contributed by atoms with van der Waals surface area (Å²) in [5, 5.41) is 9.14. The van der Waals surface area contributed by atoms with Crippen molar-refractivity contribution in [1.82, 2.24) is 14.8 Å². The molecule has 5 rings (SSSR count). The number of fused-ring (bicyclic) bond motifs is 3. The molecule has 33 heavy (non-hydrogen) atoms. The minimum atomic E-state index is -0.769. The molecule has 1 atom stereocenters. The highest BCUT2D eigenvalue weighted by Gasteiger charge is 2.37. The largest absolute Gasteiger partial charge is 0.357 e. The Morgan fingerprint density at radius 3 is 2.27 bits per heavy atom. The van der Waals surface area contributed by atoms with E-state index < -0.39 is 5.66 Å². The summed E-state index contributed by atoms with van der Waals surface area (Å²) in [7, 11) is 0. The molecular formula is C27H25ClN4O. The van der Waals surface area contributed by atoms with E-state index in [0.29, 0.717) is 16.5 Å². The Balaban J connectivity index is 1.73. The number of aromatic nitrogens is 3. The van der Waals surface area contributed by atoms with Crippen molar-refractivity contribution in [3.63, 3.8) is 0 Å². The van der Waals surface area contributed by atoms with Crippen LogP contribution in [-0.4, -0.2) is 14.8 Å². The zero-order valence-corrected chi connectivity index (χ0v) is 19.8. The third kappa shape index (κ3) is 3.62. The first-order valence-corrected chi connectivity index (χ1v) is 11.3. The lowest BCUT2D eigenvalue weighted by Crippen LogP contribution is -2.46. The number of hydrogen-bond acceptors (Lipinski definition) is 4. The molecule has 2 heterocycles. The van der Waals surface area contributed by atoms with Crippen molar-refractivity contribution in [2.45, 2.75) is 38.8 Å². The lowest BCUT2D eigenvalue weighted by atomic mass is 9.86. The van der Waals surface area contributed by atoms with E-state index >= 15 is 0 Å². The molecule has 4 aromatic rings. The van der Waals surface area contributed by atoms with Gasteiger partial charge < -0.3 is 5.32 Å². The number of benzene rings is 3. The Labute approximate surface area is 198 Å². The SMILES string of the molecule is CC(C)(C)c1ccc(-c2nn3c(nc2=O)-c2ccccc2N[C@@]3(C)c2ccc(Cl)cc2)cc1. The van der Waals surface area contributed by atoms with Gasteiger partial charge in [-0.25, -0.2) is 4.68 Å². The number of rotatable bonds is 2. The van der Waals surface area contributed by atoms with E-state index in [1.165, 1.54) is 5.56 Å². The quantitative estimate of drug-likeness (QED) is 0.397. The maximum absolute atomic E-state index is 13.2. The van der Waals surface area contributed by atoms with Crippen molar-refractivity contribution in [2.24, 2.45) is 0 Å². The highest BCUT2D eigenvalue weighted by molar-refractivity contribution is 6.30. The fraction of sp³-hybridized carbons (Fsp3) is 0.222. The van der Waals surface area contributed by atoms with Crippen LogP contribution in [-0.2, 0) is 11.1 Å². The highest BCUT2D eigenvalue weighted by Crippen LogP contribution is 2.40. The Bertz CT molecular complexity index is 1400. The van der Waals surface area contributed by atoms with Crippen LogP contribution in [0.1, 0.15) is 38.8 Å². The van der Waals surface area contributed by atoms with E-state index in [9.17, 15) is 4.79 Å². The van der Waals surface area contributed by atoms with Crippen molar-refractivity contribution < 1.29 is 0 Å². The number of halogens is 1. The van der Waals surface area contributed by atoms with Gasteiger partial charge in [0.05, 0.1) is 0 Å². The summed E-state index contributed by atoms with van der Waals surface area (Å²) >= 11 is 6.15. The minimum absolute atomic E-state index is 0.0237. The summed E-state index contributed by atoms with van der Waals surface area (Å²) in [5.41, 5.74) is 3.85. The molecule has 166 valence electrons.